The Labute approximate surface area is 205 Å². The average Bonchev–Trinajstić information content (AvgIpc) is 3.08. The van der Waals surface area contributed by atoms with E-state index in [1.807, 2.05) is 59.5 Å². The minimum atomic E-state index is -1.21. The first kappa shape index (κ1) is 23.5. The van der Waals surface area contributed by atoms with Crippen molar-refractivity contribution >= 4 is 30.2 Å². The summed E-state index contributed by atoms with van der Waals surface area (Å²) in [7, 11) is 1.66. The second kappa shape index (κ2) is 8.95. The third kappa shape index (κ3) is 3.64. The van der Waals surface area contributed by atoms with Gasteiger partial charge in [-0.25, -0.2) is 4.99 Å². The molecule has 34 heavy (non-hydrogen) atoms. The summed E-state index contributed by atoms with van der Waals surface area (Å²) in [5.74, 6) is 0.128. The van der Waals surface area contributed by atoms with Gasteiger partial charge in [-0.05, 0) is 45.9 Å². The maximum atomic E-state index is 13.5. The van der Waals surface area contributed by atoms with Crippen LogP contribution in [0.25, 0.3) is 11.1 Å². The van der Waals surface area contributed by atoms with Gasteiger partial charge in [-0.2, -0.15) is 0 Å². The number of nitrogens with zero attached hydrogens (tertiary/aromatic N) is 3. The van der Waals surface area contributed by atoms with Crippen molar-refractivity contribution in [1.29, 1.82) is 0 Å². The Morgan fingerprint density at radius 2 is 1.71 bits per heavy atom. The summed E-state index contributed by atoms with van der Waals surface area (Å²) in [6.45, 7) is 2.94. The fraction of sp³-hybridized carbons (Fsp3) is 0.222. The number of carbonyl (C=O) groups is 2. The van der Waals surface area contributed by atoms with Gasteiger partial charge in [-0.1, -0.05) is 66.7 Å². The van der Waals surface area contributed by atoms with Gasteiger partial charge in [-0.3, -0.25) is 14.5 Å². The molecule has 2 heterocycles. The molecular weight excluding hydrogens is 448 g/mol. The van der Waals surface area contributed by atoms with E-state index in [2.05, 4.69) is 18.2 Å². The number of nitrogens with two attached hydrogens (primary N) is 1. The maximum absolute atomic E-state index is 13.5. The highest BCUT2D eigenvalue weighted by molar-refractivity contribution is 6.09. The van der Waals surface area contributed by atoms with E-state index < -0.39 is 5.54 Å². The topological polar surface area (TPSA) is 79.0 Å². The van der Waals surface area contributed by atoms with Gasteiger partial charge in [0.25, 0.3) is 5.91 Å². The molecule has 0 fully saturated rings. The lowest BCUT2D eigenvalue weighted by molar-refractivity contribution is -0.130. The first-order chi connectivity index (χ1) is 15.9. The largest absolute Gasteiger partial charge is 0.369 e. The third-order valence-corrected chi connectivity index (χ3v) is 6.73. The van der Waals surface area contributed by atoms with Gasteiger partial charge in [0.05, 0.1) is 0 Å². The number of halogens is 1. The summed E-state index contributed by atoms with van der Waals surface area (Å²) < 4.78 is 0. The first-order valence-corrected chi connectivity index (χ1v) is 11.1. The quantitative estimate of drug-likeness (QED) is 0.628. The van der Waals surface area contributed by atoms with Crippen LogP contribution in [0.2, 0.25) is 0 Å². The van der Waals surface area contributed by atoms with Crippen LogP contribution in [0.15, 0.2) is 77.8 Å². The zero-order chi connectivity index (χ0) is 23.2. The Balaban J connectivity index is 0.00000274. The van der Waals surface area contributed by atoms with Gasteiger partial charge in [0, 0.05) is 27.1 Å². The fourth-order valence-corrected chi connectivity index (χ4v) is 4.92. The van der Waals surface area contributed by atoms with E-state index in [4.69, 9.17) is 10.7 Å². The molecule has 3 aromatic carbocycles. The second-order valence-electron chi connectivity index (χ2n) is 8.63. The predicted molar refractivity (Wildman–Crippen MR) is 136 cm³/mol. The van der Waals surface area contributed by atoms with Crippen molar-refractivity contribution in [2.75, 3.05) is 13.6 Å². The standard InChI is InChI=1S/C27H26N4O2.ClH/c1-18(32)31-15-14-24-20(17-31)9-7-13-23(24)19-8-6-12-22(16-19)27(21-10-4-3-5-11-21)25(33)30(2)26(28)29-27;/h3-13,16H,14-15,17H2,1-2H3,(H2,28,29);1H. The molecule has 0 saturated heterocycles. The summed E-state index contributed by atoms with van der Waals surface area (Å²) in [6, 6.07) is 23.8. The molecule has 0 spiro atoms. The van der Waals surface area contributed by atoms with Crippen LogP contribution in [0.3, 0.4) is 0 Å². The number of carbonyl (C=O) groups excluding carboxylic acids is 2. The summed E-state index contributed by atoms with van der Waals surface area (Å²) in [6.07, 6.45) is 0.798. The Hall–Kier alpha value is -3.64. The number of amides is 2. The number of benzene rings is 3. The fourth-order valence-electron chi connectivity index (χ4n) is 4.92. The number of guanidine groups is 1. The Kier molecular flexibility index (Phi) is 6.19. The van der Waals surface area contributed by atoms with Crippen molar-refractivity contribution in [2.24, 2.45) is 10.7 Å². The van der Waals surface area contributed by atoms with Crippen LogP contribution in [-0.2, 0) is 28.1 Å². The lowest BCUT2D eigenvalue weighted by atomic mass is 9.81. The van der Waals surface area contributed by atoms with Gasteiger partial charge >= 0.3 is 0 Å². The molecule has 2 aliphatic heterocycles. The van der Waals surface area contributed by atoms with Crippen molar-refractivity contribution < 1.29 is 9.59 Å². The number of hydrogen-bond acceptors (Lipinski definition) is 4. The lowest BCUT2D eigenvalue weighted by Crippen LogP contribution is -2.41. The highest BCUT2D eigenvalue weighted by Crippen LogP contribution is 2.41. The maximum Gasteiger partial charge on any atom is 0.266 e. The van der Waals surface area contributed by atoms with E-state index in [0.29, 0.717) is 13.1 Å². The molecule has 0 saturated carbocycles. The molecule has 174 valence electrons. The molecule has 3 aromatic rings. The molecule has 0 bridgehead atoms. The third-order valence-electron chi connectivity index (χ3n) is 6.73. The molecule has 6 nitrogen and oxygen atoms in total. The van der Waals surface area contributed by atoms with E-state index in [9.17, 15) is 9.59 Å². The minimum absolute atomic E-state index is 0. The number of rotatable bonds is 3. The van der Waals surface area contributed by atoms with E-state index in [-0.39, 0.29) is 30.2 Å². The van der Waals surface area contributed by atoms with Crippen molar-refractivity contribution in [3.63, 3.8) is 0 Å². The summed E-state index contributed by atoms with van der Waals surface area (Å²) in [5, 5.41) is 0. The van der Waals surface area contributed by atoms with E-state index in [0.717, 1.165) is 34.2 Å². The molecule has 0 radical (unpaired) electrons. The highest BCUT2D eigenvalue weighted by Gasteiger charge is 2.49. The van der Waals surface area contributed by atoms with Crippen LogP contribution >= 0.6 is 12.4 Å². The Morgan fingerprint density at radius 3 is 2.38 bits per heavy atom. The van der Waals surface area contributed by atoms with Crippen LogP contribution in [0, 0.1) is 0 Å². The number of fused-ring (bicyclic) bond motifs is 1. The Morgan fingerprint density at radius 1 is 1.00 bits per heavy atom. The van der Waals surface area contributed by atoms with Gasteiger partial charge in [0.2, 0.25) is 5.91 Å². The molecule has 2 N–H and O–H groups in total. The van der Waals surface area contributed by atoms with Gasteiger partial charge in [0.15, 0.2) is 11.5 Å². The minimum Gasteiger partial charge on any atom is -0.369 e. The number of hydrogen-bond donors (Lipinski definition) is 1. The average molecular weight is 475 g/mol. The van der Waals surface area contributed by atoms with Gasteiger partial charge in [0.1, 0.15) is 0 Å². The second-order valence-corrected chi connectivity index (χ2v) is 8.63. The van der Waals surface area contributed by atoms with Gasteiger partial charge in [-0.15, -0.1) is 12.4 Å². The molecule has 2 aliphatic rings. The van der Waals surface area contributed by atoms with Crippen molar-refractivity contribution in [3.05, 3.63) is 95.1 Å². The van der Waals surface area contributed by atoms with E-state index in [1.165, 1.54) is 10.5 Å². The van der Waals surface area contributed by atoms with Crippen molar-refractivity contribution in [3.8, 4) is 11.1 Å². The van der Waals surface area contributed by atoms with Gasteiger partial charge < -0.3 is 10.6 Å². The smallest absolute Gasteiger partial charge is 0.266 e. The molecule has 1 unspecified atom stereocenters. The molecule has 5 rings (SSSR count). The van der Waals surface area contributed by atoms with Crippen LogP contribution in [-0.4, -0.2) is 41.2 Å². The Bertz CT molecular complexity index is 1290. The van der Waals surface area contributed by atoms with Crippen LogP contribution < -0.4 is 5.73 Å². The van der Waals surface area contributed by atoms with Crippen LogP contribution in [0.1, 0.15) is 29.2 Å². The van der Waals surface area contributed by atoms with Crippen molar-refractivity contribution in [1.82, 2.24) is 9.80 Å². The first-order valence-electron chi connectivity index (χ1n) is 11.1. The highest BCUT2D eigenvalue weighted by atomic mass is 35.5. The molecule has 0 aliphatic carbocycles. The normalized spacial score (nSPS) is 19.4. The zero-order valence-electron chi connectivity index (χ0n) is 19.2. The predicted octanol–water partition coefficient (Wildman–Crippen LogP) is 3.71. The van der Waals surface area contributed by atoms with Crippen molar-refractivity contribution in [2.45, 2.75) is 25.4 Å². The summed E-state index contributed by atoms with van der Waals surface area (Å²) in [5.41, 5.74) is 11.0. The number of aliphatic imine (C=N–C) groups is 1. The molecule has 1 atom stereocenters. The monoisotopic (exact) mass is 474 g/mol. The molecular formula is C27H27ClN4O2. The van der Waals surface area contributed by atoms with E-state index in [1.54, 1.807) is 14.0 Å². The summed E-state index contributed by atoms with van der Waals surface area (Å²) in [4.78, 5) is 33.4. The summed E-state index contributed by atoms with van der Waals surface area (Å²) >= 11 is 0. The molecule has 2 amide bonds. The zero-order valence-corrected chi connectivity index (χ0v) is 20.0. The molecule has 0 aromatic heterocycles. The SMILES string of the molecule is CC(=O)N1CCc2c(cccc2-c2cccc(C3(c4ccccc4)N=C(N)N(C)C3=O)c2)C1.Cl. The van der Waals surface area contributed by atoms with Crippen LogP contribution in [0.4, 0.5) is 0 Å². The van der Waals surface area contributed by atoms with E-state index >= 15 is 0 Å². The molecule has 7 heteroatoms. The lowest BCUT2D eigenvalue weighted by Gasteiger charge is -2.30. The number of likely N-dealkylation sites (N-methyl/N-ethyl adjacent to an activating group) is 1. The van der Waals surface area contributed by atoms with Crippen LogP contribution in [0.5, 0.6) is 0 Å².